The lowest BCUT2D eigenvalue weighted by Crippen LogP contribution is -1.91. The molecule has 0 saturated carbocycles. The second kappa shape index (κ2) is 11.1. The summed E-state index contributed by atoms with van der Waals surface area (Å²) < 4.78 is 104. The molecule has 1 heterocycles. The van der Waals surface area contributed by atoms with Crippen molar-refractivity contribution < 1.29 is 19.5 Å². The molecule has 0 aliphatic rings. The van der Waals surface area contributed by atoms with E-state index < -0.39 is 66.5 Å². The van der Waals surface area contributed by atoms with Crippen LogP contribution in [0.1, 0.15) is 15.1 Å². The molecule has 0 saturated heterocycles. The predicted octanol–water partition coefficient (Wildman–Crippen LogP) is 13.7. The van der Waals surface area contributed by atoms with Crippen LogP contribution in [0.2, 0.25) is 0 Å². The zero-order valence-electron chi connectivity index (χ0n) is 36.9. The second-order valence-corrected chi connectivity index (χ2v) is 11.9. The maximum absolute atomic E-state index is 9.77. The summed E-state index contributed by atoms with van der Waals surface area (Å²) >= 11 is 0. The number of hydrogen-bond acceptors (Lipinski definition) is 1. The van der Waals surface area contributed by atoms with Crippen molar-refractivity contribution in [1.29, 1.82) is 0 Å². The van der Waals surface area contributed by atoms with Crippen LogP contribution >= 0.6 is 0 Å². The molecule has 10 aromatic rings. The van der Waals surface area contributed by atoms with Gasteiger partial charge in [-0.2, -0.15) is 0 Å². The minimum absolute atomic E-state index is 0.00943. The van der Waals surface area contributed by atoms with Crippen LogP contribution in [-0.2, 0) is 0 Å². The molecule has 0 amide bonds. The number of furan rings is 1. The summed E-state index contributed by atoms with van der Waals surface area (Å²) in [5.41, 5.74) is 5.02. The molecule has 1 heteroatoms. The van der Waals surface area contributed by atoms with Gasteiger partial charge in [-0.05, 0) is 107 Å². The maximum atomic E-state index is 9.77. The molecule has 0 radical (unpaired) electrons. The standard InChI is InChI=1S/C48H30O/c1-2-12-31(13-3-1)36-26-27-44-43(30-36)48-42(22-11-23-45(48)49-44)47-40-20-8-6-18-38(40)46(39-19-7-9-21-41(39)47)37-17-10-16-34(29-37)35-25-24-32-14-4-5-15-33(32)28-35/h1-30H/i4D,5D,10D,14D,15D,16D,17D,24D,25D,28D,29D. The van der Waals surface area contributed by atoms with E-state index in [2.05, 4.69) is 24.3 Å². The first kappa shape index (κ1) is 18.8. The minimum Gasteiger partial charge on any atom is -0.456 e. The SMILES string of the molecule is [2H]c1c([2H])c(-c2c([2H])c([2H])c3c([2H])c([2H])c([2H])c([2H])c3c2[2H])c([2H])c(-c2c3ccccc3c(-c3cccc4oc5ccc(-c6ccccc6)cc5c34)c3ccccc23)c1[2H]. The molecule has 228 valence electrons. The molecule has 0 spiro atoms. The predicted molar refractivity (Wildman–Crippen MR) is 208 cm³/mol. The lowest BCUT2D eigenvalue weighted by atomic mass is 9.84. The van der Waals surface area contributed by atoms with Gasteiger partial charge in [-0.1, -0.05) is 151 Å². The zero-order chi connectivity index (χ0) is 41.9. The van der Waals surface area contributed by atoms with Gasteiger partial charge in [0, 0.05) is 10.8 Å². The first-order valence-corrected chi connectivity index (χ1v) is 16.0. The van der Waals surface area contributed by atoms with E-state index in [-0.39, 0.29) is 27.5 Å². The summed E-state index contributed by atoms with van der Waals surface area (Å²) in [6.45, 7) is 0. The lowest BCUT2D eigenvalue weighted by molar-refractivity contribution is 0.669. The quantitative estimate of drug-likeness (QED) is 0.176. The molecule has 1 nitrogen and oxygen atoms in total. The Hall–Kier alpha value is -6.44. The summed E-state index contributed by atoms with van der Waals surface area (Å²) in [6, 6.07) is 31.3. The molecule has 0 fully saturated rings. The summed E-state index contributed by atoms with van der Waals surface area (Å²) in [5, 5.41) is 4.08. The van der Waals surface area contributed by atoms with Crippen molar-refractivity contribution in [3.63, 3.8) is 0 Å². The van der Waals surface area contributed by atoms with Crippen molar-refractivity contribution in [3.05, 3.63) is 182 Å². The van der Waals surface area contributed by atoms with E-state index in [1.54, 1.807) is 0 Å². The Balaban J connectivity index is 1.31. The van der Waals surface area contributed by atoms with Gasteiger partial charge >= 0.3 is 0 Å². The van der Waals surface area contributed by atoms with Gasteiger partial charge in [-0.15, -0.1) is 0 Å². The van der Waals surface area contributed by atoms with Crippen LogP contribution in [-0.4, -0.2) is 0 Å². The Morgan fingerprint density at radius 2 is 1.06 bits per heavy atom. The third kappa shape index (κ3) is 4.47. The van der Waals surface area contributed by atoms with Gasteiger partial charge in [0.2, 0.25) is 0 Å². The Bertz CT molecular complexity index is 3450. The monoisotopic (exact) mass is 633 g/mol. The topological polar surface area (TPSA) is 13.1 Å². The molecule has 10 rings (SSSR count). The third-order valence-corrected chi connectivity index (χ3v) is 9.18. The first-order valence-electron chi connectivity index (χ1n) is 21.5. The van der Waals surface area contributed by atoms with E-state index >= 15 is 0 Å². The fourth-order valence-electron chi connectivity index (χ4n) is 7.03. The molecular weight excluding hydrogens is 593 g/mol. The van der Waals surface area contributed by atoms with Crippen molar-refractivity contribution in [1.82, 2.24) is 0 Å². The Labute approximate surface area is 299 Å². The summed E-state index contributed by atoms with van der Waals surface area (Å²) in [7, 11) is 0. The Morgan fingerprint density at radius 1 is 0.388 bits per heavy atom. The molecular formula is C48H30O. The van der Waals surface area contributed by atoms with Crippen molar-refractivity contribution in [3.8, 4) is 44.5 Å². The number of benzene rings is 9. The number of hydrogen-bond donors (Lipinski definition) is 0. The highest BCUT2D eigenvalue weighted by Crippen LogP contribution is 2.47. The Kier molecular flexibility index (Phi) is 4.25. The summed E-state index contributed by atoms with van der Waals surface area (Å²) in [5.74, 6) is 0. The molecule has 0 atom stereocenters. The van der Waals surface area contributed by atoms with E-state index in [9.17, 15) is 4.11 Å². The van der Waals surface area contributed by atoms with Gasteiger partial charge in [-0.25, -0.2) is 0 Å². The molecule has 9 aromatic carbocycles. The summed E-state index contributed by atoms with van der Waals surface area (Å²) in [4.78, 5) is 0. The molecule has 49 heavy (non-hydrogen) atoms. The highest BCUT2D eigenvalue weighted by molar-refractivity contribution is 6.25. The van der Waals surface area contributed by atoms with Crippen molar-refractivity contribution in [2.45, 2.75) is 0 Å². The number of fused-ring (bicyclic) bond motifs is 6. The lowest BCUT2D eigenvalue weighted by Gasteiger charge is -2.18. The normalized spacial score (nSPS) is 14.8. The van der Waals surface area contributed by atoms with Crippen LogP contribution in [0.25, 0.3) is 98.8 Å². The summed E-state index contributed by atoms with van der Waals surface area (Å²) in [6.07, 6.45) is 0. The molecule has 0 bridgehead atoms. The van der Waals surface area contributed by atoms with Gasteiger partial charge in [0.1, 0.15) is 11.2 Å². The van der Waals surface area contributed by atoms with Gasteiger partial charge in [0.05, 0.1) is 15.1 Å². The largest absolute Gasteiger partial charge is 0.456 e. The van der Waals surface area contributed by atoms with Crippen LogP contribution in [0.15, 0.2) is 186 Å². The molecule has 0 unspecified atom stereocenters. The van der Waals surface area contributed by atoms with Crippen molar-refractivity contribution >= 4 is 54.3 Å². The van der Waals surface area contributed by atoms with Gasteiger partial charge in [-0.3, -0.25) is 0 Å². The van der Waals surface area contributed by atoms with Gasteiger partial charge in [0.25, 0.3) is 0 Å². The van der Waals surface area contributed by atoms with Crippen LogP contribution in [0.4, 0.5) is 0 Å². The highest BCUT2D eigenvalue weighted by atomic mass is 16.3. The maximum Gasteiger partial charge on any atom is 0.136 e. The average Bonchev–Trinajstić information content (AvgIpc) is 3.65. The zero-order valence-corrected chi connectivity index (χ0v) is 25.9. The van der Waals surface area contributed by atoms with E-state index in [1.807, 2.05) is 91.0 Å². The first-order chi connectivity index (χ1) is 28.9. The van der Waals surface area contributed by atoms with Crippen LogP contribution in [0.3, 0.4) is 0 Å². The van der Waals surface area contributed by atoms with Crippen molar-refractivity contribution in [2.24, 2.45) is 0 Å². The van der Waals surface area contributed by atoms with Gasteiger partial charge < -0.3 is 4.42 Å². The molecule has 1 aromatic heterocycles. The van der Waals surface area contributed by atoms with Crippen LogP contribution in [0, 0.1) is 0 Å². The van der Waals surface area contributed by atoms with Crippen LogP contribution < -0.4 is 0 Å². The van der Waals surface area contributed by atoms with Gasteiger partial charge in [0.15, 0.2) is 0 Å². The molecule has 0 N–H and O–H groups in total. The fourth-order valence-corrected chi connectivity index (χ4v) is 7.03. The molecule has 0 aliphatic carbocycles. The third-order valence-electron chi connectivity index (χ3n) is 9.18. The fraction of sp³-hybridized carbons (Fsp3) is 0. The highest BCUT2D eigenvalue weighted by Gasteiger charge is 2.20. The Morgan fingerprint density at radius 3 is 1.84 bits per heavy atom. The van der Waals surface area contributed by atoms with E-state index in [0.717, 1.165) is 49.4 Å². The van der Waals surface area contributed by atoms with Crippen LogP contribution in [0.5, 0.6) is 0 Å². The van der Waals surface area contributed by atoms with E-state index in [4.69, 9.17) is 15.4 Å². The number of rotatable bonds is 4. The second-order valence-electron chi connectivity index (χ2n) is 11.9. The smallest absolute Gasteiger partial charge is 0.136 e. The minimum atomic E-state index is -0.626. The van der Waals surface area contributed by atoms with Crippen molar-refractivity contribution in [2.75, 3.05) is 0 Å². The average molecular weight is 634 g/mol. The van der Waals surface area contributed by atoms with E-state index in [0.29, 0.717) is 21.9 Å². The molecule has 0 aliphatic heterocycles. The van der Waals surface area contributed by atoms with E-state index in [1.165, 1.54) is 0 Å².